The maximum Gasteiger partial charge on any atom is 0.321 e. The summed E-state index contributed by atoms with van der Waals surface area (Å²) >= 11 is 5.96. The lowest BCUT2D eigenvalue weighted by atomic mass is 10.1. The number of hydrogen-bond donors (Lipinski definition) is 3. The van der Waals surface area contributed by atoms with Crippen LogP contribution in [0.15, 0.2) is 24.3 Å². The normalized spacial score (nSPS) is 17.4. The van der Waals surface area contributed by atoms with Crippen molar-refractivity contribution in [2.24, 2.45) is 5.92 Å². The Hall–Kier alpha value is -2.48. The summed E-state index contributed by atoms with van der Waals surface area (Å²) < 4.78 is 0. The molecule has 9 heteroatoms. The van der Waals surface area contributed by atoms with Gasteiger partial charge in [-0.25, -0.2) is 9.59 Å². The summed E-state index contributed by atoms with van der Waals surface area (Å²) in [6.07, 6.45) is 5.47. The molecule has 3 rings (SSSR count). The van der Waals surface area contributed by atoms with Crippen LogP contribution >= 0.6 is 11.6 Å². The fraction of sp³-hybridized carbons (Fsp3) is 0.571. The molecule has 3 N–H and O–H groups in total. The standard InChI is InChI=1S/C21H30ClN5O3/c22-17-7-3-8-18(13-17)25-21(30)27-10-4-9-26(11-12-27)19(28)15-24-20(29)23-14-16-5-1-2-6-16/h3,7-8,13,16H,1-2,4-6,9-12,14-15H2,(H,25,30)(H2,23,24,29). The second-order valence-electron chi connectivity index (χ2n) is 7.88. The molecule has 2 fully saturated rings. The van der Waals surface area contributed by atoms with Crippen LogP contribution in [-0.4, -0.2) is 67.0 Å². The Balaban J connectivity index is 1.38. The van der Waals surface area contributed by atoms with Gasteiger partial charge in [-0.3, -0.25) is 4.79 Å². The van der Waals surface area contributed by atoms with E-state index in [0.29, 0.717) is 55.8 Å². The molecule has 5 amide bonds. The predicted octanol–water partition coefficient (Wildman–Crippen LogP) is 2.90. The van der Waals surface area contributed by atoms with E-state index in [4.69, 9.17) is 11.6 Å². The van der Waals surface area contributed by atoms with Gasteiger partial charge in [-0.2, -0.15) is 0 Å². The van der Waals surface area contributed by atoms with E-state index in [1.54, 1.807) is 34.1 Å². The third-order valence-corrected chi connectivity index (χ3v) is 5.87. The molecule has 8 nitrogen and oxygen atoms in total. The molecule has 1 heterocycles. The zero-order valence-electron chi connectivity index (χ0n) is 17.2. The molecule has 1 aromatic carbocycles. The molecule has 1 aliphatic heterocycles. The van der Waals surface area contributed by atoms with Crippen molar-refractivity contribution < 1.29 is 14.4 Å². The van der Waals surface area contributed by atoms with E-state index in [1.807, 2.05) is 0 Å². The van der Waals surface area contributed by atoms with Crippen LogP contribution < -0.4 is 16.0 Å². The van der Waals surface area contributed by atoms with Crippen LogP contribution in [0.25, 0.3) is 0 Å². The van der Waals surface area contributed by atoms with Gasteiger partial charge < -0.3 is 25.8 Å². The highest BCUT2D eigenvalue weighted by atomic mass is 35.5. The highest BCUT2D eigenvalue weighted by Crippen LogP contribution is 2.23. The Morgan fingerprint density at radius 3 is 2.47 bits per heavy atom. The molecule has 0 atom stereocenters. The molecule has 0 bridgehead atoms. The molecule has 30 heavy (non-hydrogen) atoms. The number of halogens is 1. The molecule has 1 aromatic rings. The van der Waals surface area contributed by atoms with E-state index in [1.165, 1.54) is 12.8 Å². The smallest absolute Gasteiger partial charge is 0.321 e. The van der Waals surface area contributed by atoms with Gasteiger partial charge >= 0.3 is 12.1 Å². The Morgan fingerprint density at radius 2 is 1.70 bits per heavy atom. The molecule has 1 saturated carbocycles. The van der Waals surface area contributed by atoms with Crippen LogP contribution in [-0.2, 0) is 4.79 Å². The van der Waals surface area contributed by atoms with Crippen molar-refractivity contribution in [2.75, 3.05) is 44.6 Å². The Morgan fingerprint density at radius 1 is 0.967 bits per heavy atom. The minimum Gasteiger partial charge on any atom is -0.339 e. The number of hydrogen-bond acceptors (Lipinski definition) is 3. The van der Waals surface area contributed by atoms with Crippen LogP contribution in [0.1, 0.15) is 32.1 Å². The fourth-order valence-electron chi connectivity index (χ4n) is 3.92. The minimum atomic E-state index is -0.299. The molecular weight excluding hydrogens is 406 g/mol. The molecular formula is C21H30ClN5O3. The third kappa shape index (κ3) is 6.79. The minimum absolute atomic E-state index is 0.0365. The van der Waals surface area contributed by atoms with Gasteiger partial charge in [0, 0.05) is 43.4 Å². The van der Waals surface area contributed by atoms with Crippen molar-refractivity contribution in [3.8, 4) is 0 Å². The van der Waals surface area contributed by atoms with Crippen molar-refractivity contribution >= 4 is 35.3 Å². The van der Waals surface area contributed by atoms with E-state index in [0.717, 1.165) is 12.8 Å². The van der Waals surface area contributed by atoms with Gasteiger partial charge in [-0.15, -0.1) is 0 Å². The number of rotatable bonds is 5. The van der Waals surface area contributed by atoms with E-state index >= 15 is 0 Å². The van der Waals surface area contributed by atoms with Crippen LogP contribution in [0.3, 0.4) is 0 Å². The quantitative estimate of drug-likeness (QED) is 0.663. The SMILES string of the molecule is O=C(NCC(=O)N1CCCN(C(=O)Nc2cccc(Cl)c2)CC1)NCC1CCCC1. The second-order valence-corrected chi connectivity index (χ2v) is 8.31. The van der Waals surface area contributed by atoms with Crippen molar-refractivity contribution in [1.82, 2.24) is 20.4 Å². The lowest BCUT2D eigenvalue weighted by Crippen LogP contribution is -2.45. The first-order chi connectivity index (χ1) is 14.5. The molecule has 2 aliphatic rings. The van der Waals surface area contributed by atoms with Gasteiger partial charge in [0.15, 0.2) is 0 Å². The zero-order chi connectivity index (χ0) is 21.3. The largest absolute Gasteiger partial charge is 0.339 e. The van der Waals surface area contributed by atoms with Crippen molar-refractivity contribution in [2.45, 2.75) is 32.1 Å². The molecule has 1 saturated heterocycles. The molecule has 0 aromatic heterocycles. The number of nitrogens with one attached hydrogen (secondary N) is 3. The maximum absolute atomic E-state index is 12.5. The van der Waals surface area contributed by atoms with Crippen molar-refractivity contribution in [3.05, 3.63) is 29.3 Å². The lowest BCUT2D eigenvalue weighted by molar-refractivity contribution is -0.129. The van der Waals surface area contributed by atoms with Crippen molar-refractivity contribution in [3.63, 3.8) is 0 Å². The maximum atomic E-state index is 12.5. The Bertz CT molecular complexity index is 754. The van der Waals surface area contributed by atoms with Crippen molar-refractivity contribution in [1.29, 1.82) is 0 Å². The summed E-state index contributed by atoms with van der Waals surface area (Å²) in [5.41, 5.74) is 0.637. The first kappa shape index (κ1) is 22.2. The summed E-state index contributed by atoms with van der Waals surface area (Å²) in [5.74, 6) is 0.421. The molecule has 0 unspecified atom stereocenters. The van der Waals surface area contributed by atoms with E-state index in [2.05, 4.69) is 16.0 Å². The van der Waals surface area contributed by atoms with E-state index < -0.39 is 0 Å². The van der Waals surface area contributed by atoms with Crippen LogP contribution in [0.2, 0.25) is 5.02 Å². The van der Waals surface area contributed by atoms with Crippen LogP contribution in [0, 0.1) is 5.92 Å². The van der Waals surface area contributed by atoms with E-state index in [-0.39, 0.29) is 24.5 Å². The highest BCUT2D eigenvalue weighted by molar-refractivity contribution is 6.30. The van der Waals surface area contributed by atoms with E-state index in [9.17, 15) is 14.4 Å². The van der Waals surface area contributed by atoms with Gasteiger partial charge in [-0.05, 0) is 43.4 Å². The summed E-state index contributed by atoms with van der Waals surface area (Å²) in [4.78, 5) is 40.3. The number of urea groups is 2. The highest BCUT2D eigenvalue weighted by Gasteiger charge is 2.22. The number of anilines is 1. The number of benzene rings is 1. The van der Waals surface area contributed by atoms with Gasteiger partial charge in [0.25, 0.3) is 0 Å². The van der Waals surface area contributed by atoms with Crippen LogP contribution in [0.4, 0.5) is 15.3 Å². The second kappa shape index (κ2) is 11.1. The average molecular weight is 436 g/mol. The number of amides is 5. The molecule has 1 aliphatic carbocycles. The van der Waals surface area contributed by atoms with Gasteiger partial charge in [0.05, 0.1) is 6.54 Å². The number of nitrogens with zero attached hydrogens (tertiary/aromatic N) is 2. The first-order valence-corrected chi connectivity index (χ1v) is 11.0. The number of carbonyl (C=O) groups is 3. The summed E-state index contributed by atoms with van der Waals surface area (Å²) in [7, 11) is 0. The monoisotopic (exact) mass is 435 g/mol. The van der Waals surface area contributed by atoms with Gasteiger partial charge in [0.1, 0.15) is 0 Å². The third-order valence-electron chi connectivity index (χ3n) is 5.64. The molecule has 0 radical (unpaired) electrons. The fourth-order valence-corrected chi connectivity index (χ4v) is 4.11. The van der Waals surface area contributed by atoms with Gasteiger partial charge in [0.2, 0.25) is 5.91 Å². The summed E-state index contributed by atoms with van der Waals surface area (Å²) in [6, 6.07) is 6.48. The molecule has 164 valence electrons. The predicted molar refractivity (Wildman–Crippen MR) is 117 cm³/mol. The topological polar surface area (TPSA) is 93.8 Å². The lowest BCUT2D eigenvalue weighted by Gasteiger charge is -2.22. The molecule has 0 spiro atoms. The van der Waals surface area contributed by atoms with Crippen LogP contribution in [0.5, 0.6) is 0 Å². The first-order valence-electron chi connectivity index (χ1n) is 10.6. The van der Waals surface area contributed by atoms with Gasteiger partial charge in [-0.1, -0.05) is 30.5 Å². The summed E-state index contributed by atoms with van der Waals surface area (Å²) in [5, 5.41) is 8.89. The Labute approximate surface area is 182 Å². The number of carbonyl (C=O) groups excluding carboxylic acids is 3. The average Bonchev–Trinajstić information content (AvgIpc) is 3.12. The summed E-state index contributed by atoms with van der Waals surface area (Å²) in [6.45, 7) is 2.63. The Kier molecular flexibility index (Phi) is 8.19. The zero-order valence-corrected chi connectivity index (χ0v) is 17.9.